The number of hydrogen-bond donors (Lipinski definition) is 1. The van der Waals surface area contributed by atoms with Crippen LogP contribution in [0.25, 0.3) is 27.9 Å². The zero-order chi connectivity index (χ0) is 36.5. The van der Waals surface area contributed by atoms with Gasteiger partial charge in [-0.1, -0.05) is 30.4 Å². The summed E-state index contributed by atoms with van der Waals surface area (Å²) in [6.45, 7) is 19.5. The van der Waals surface area contributed by atoms with E-state index < -0.39 is 5.60 Å². The van der Waals surface area contributed by atoms with Gasteiger partial charge in [-0.05, 0) is 101 Å². The number of aryl methyl sites for hydroxylation is 1. The van der Waals surface area contributed by atoms with Crippen molar-refractivity contribution in [3.05, 3.63) is 96.7 Å². The molecule has 2 aromatic carbocycles. The summed E-state index contributed by atoms with van der Waals surface area (Å²) in [5.41, 5.74) is 7.17. The maximum Gasteiger partial charge on any atom is 0.310 e. The number of methoxy groups -OCH3 is 1. The van der Waals surface area contributed by atoms with Crippen molar-refractivity contribution in [2.45, 2.75) is 71.5 Å². The largest absolute Gasteiger partial charge is 0.493 e. The zero-order valence-corrected chi connectivity index (χ0v) is 30.3. The topological polar surface area (TPSA) is 109 Å². The number of esters is 1. The fourth-order valence-electron chi connectivity index (χ4n) is 5.86. The van der Waals surface area contributed by atoms with Crippen molar-refractivity contribution >= 4 is 17.2 Å². The van der Waals surface area contributed by atoms with E-state index in [-0.39, 0.29) is 18.0 Å². The summed E-state index contributed by atoms with van der Waals surface area (Å²) in [5, 5.41) is 23.1. The Kier molecular flexibility index (Phi) is 12.6. The van der Waals surface area contributed by atoms with Gasteiger partial charge in [0.15, 0.2) is 0 Å². The van der Waals surface area contributed by atoms with Crippen LogP contribution < -0.4 is 9.64 Å². The van der Waals surface area contributed by atoms with E-state index in [1.807, 2.05) is 54.0 Å². The number of hydrogen-bond acceptors (Lipinski definition) is 8. The molecule has 0 amide bonds. The molecule has 9 nitrogen and oxygen atoms in total. The minimum Gasteiger partial charge on any atom is -0.493 e. The number of carbonyl (C=O) groups excluding carboxylic acids is 1. The number of nitrogens with zero attached hydrogens (tertiary/aromatic N) is 4. The zero-order valence-electron chi connectivity index (χ0n) is 30.3. The van der Waals surface area contributed by atoms with Gasteiger partial charge in [0.1, 0.15) is 5.75 Å². The second-order valence-electron chi connectivity index (χ2n) is 13.8. The Labute approximate surface area is 296 Å². The van der Waals surface area contributed by atoms with Crippen LogP contribution in [0.1, 0.15) is 63.6 Å². The summed E-state index contributed by atoms with van der Waals surface area (Å²) in [5.74, 6) is 0.431. The summed E-state index contributed by atoms with van der Waals surface area (Å²) in [7, 11) is 1.42. The predicted octanol–water partition coefficient (Wildman–Crippen LogP) is 7.86. The van der Waals surface area contributed by atoms with Crippen LogP contribution >= 0.6 is 0 Å². The molecule has 3 heterocycles. The third-order valence-electron chi connectivity index (χ3n) is 8.45. The van der Waals surface area contributed by atoms with Gasteiger partial charge in [0.2, 0.25) is 0 Å². The highest BCUT2D eigenvalue weighted by Crippen LogP contribution is 2.38. The fourth-order valence-corrected chi connectivity index (χ4v) is 5.86. The average molecular weight is 679 g/mol. The molecule has 0 saturated carbocycles. The number of nitriles is 1. The van der Waals surface area contributed by atoms with Crippen LogP contribution in [0.4, 0.5) is 5.69 Å². The second kappa shape index (κ2) is 16.7. The van der Waals surface area contributed by atoms with Gasteiger partial charge in [0.05, 0.1) is 66.5 Å². The van der Waals surface area contributed by atoms with Crippen molar-refractivity contribution in [3.8, 4) is 34.2 Å². The molecule has 1 fully saturated rings. The lowest BCUT2D eigenvalue weighted by molar-refractivity contribution is -0.139. The summed E-state index contributed by atoms with van der Waals surface area (Å²) >= 11 is 0. The summed E-state index contributed by atoms with van der Waals surface area (Å²) < 4.78 is 19.2. The van der Waals surface area contributed by atoms with Gasteiger partial charge in [0.25, 0.3) is 0 Å². The van der Waals surface area contributed by atoms with E-state index in [2.05, 4.69) is 43.2 Å². The number of benzene rings is 2. The highest BCUT2D eigenvalue weighted by atomic mass is 16.5. The Morgan fingerprint density at radius 3 is 2.44 bits per heavy atom. The van der Waals surface area contributed by atoms with Gasteiger partial charge in [-0.2, -0.15) is 10.4 Å². The van der Waals surface area contributed by atoms with Crippen molar-refractivity contribution in [1.82, 2.24) is 9.61 Å². The van der Waals surface area contributed by atoms with Crippen LogP contribution in [0.3, 0.4) is 0 Å². The van der Waals surface area contributed by atoms with Gasteiger partial charge < -0.3 is 24.2 Å². The quantitative estimate of drug-likeness (QED) is 0.0917. The van der Waals surface area contributed by atoms with E-state index in [0.717, 1.165) is 77.1 Å². The van der Waals surface area contributed by atoms with Gasteiger partial charge >= 0.3 is 5.97 Å². The van der Waals surface area contributed by atoms with Gasteiger partial charge in [-0.15, -0.1) is 13.2 Å². The van der Waals surface area contributed by atoms with E-state index in [9.17, 15) is 10.1 Å². The van der Waals surface area contributed by atoms with Crippen molar-refractivity contribution in [2.75, 3.05) is 38.3 Å². The van der Waals surface area contributed by atoms with Crippen LogP contribution in [0, 0.1) is 18.3 Å². The normalized spacial score (nSPS) is 13.9. The molecule has 5 rings (SSSR count). The lowest BCUT2D eigenvalue weighted by Gasteiger charge is -2.41. The first-order valence-electron chi connectivity index (χ1n) is 17.0. The molecular weight excluding hydrogens is 628 g/mol. The Hall–Kier alpha value is -4.91. The van der Waals surface area contributed by atoms with Crippen molar-refractivity contribution < 1.29 is 24.1 Å². The van der Waals surface area contributed by atoms with E-state index in [4.69, 9.17) is 24.4 Å². The molecule has 9 heteroatoms. The summed E-state index contributed by atoms with van der Waals surface area (Å²) in [4.78, 5) is 14.9. The van der Waals surface area contributed by atoms with E-state index >= 15 is 0 Å². The van der Waals surface area contributed by atoms with Crippen LogP contribution in [0.5, 0.6) is 5.75 Å². The number of carbonyl (C=O) groups is 1. The van der Waals surface area contributed by atoms with Crippen LogP contribution in [0.2, 0.25) is 0 Å². The lowest BCUT2D eigenvalue weighted by Crippen LogP contribution is -2.45. The lowest BCUT2D eigenvalue weighted by atomic mass is 9.92. The molecular formula is C41H50N4O5. The van der Waals surface area contributed by atoms with E-state index in [0.29, 0.717) is 24.5 Å². The molecule has 1 aliphatic rings. The summed E-state index contributed by atoms with van der Waals surface area (Å²) in [6, 6.07) is 17.9. The Balaban J connectivity index is 0.00000105. The molecule has 264 valence electrons. The first-order valence-corrected chi connectivity index (χ1v) is 17.0. The number of aromatic nitrogens is 2. The van der Waals surface area contributed by atoms with Crippen molar-refractivity contribution in [2.24, 2.45) is 0 Å². The van der Waals surface area contributed by atoms with E-state index in [1.54, 1.807) is 32.9 Å². The van der Waals surface area contributed by atoms with Crippen molar-refractivity contribution in [1.29, 1.82) is 5.26 Å². The summed E-state index contributed by atoms with van der Waals surface area (Å²) in [6.07, 6.45) is 8.18. The minimum absolute atomic E-state index is 0.175. The molecule has 0 atom stereocenters. The maximum atomic E-state index is 12.6. The monoisotopic (exact) mass is 678 g/mol. The van der Waals surface area contributed by atoms with Gasteiger partial charge in [0, 0.05) is 30.4 Å². The Bertz CT molecular complexity index is 1850. The molecule has 0 radical (unpaired) electrons. The first-order chi connectivity index (χ1) is 23.8. The van der Waals surface area contributed by atoms with Crippen LogP contribution in [-0.2, 0) is 20.7 Å². The molecule has 0 bridgehead atoms. The number of anilines is 1. The Morgan fingerprint density at radius 2 is 1.80 bits per heavy atom. The SMILES string of the molecule is C=CCCOc1ccc(C#N)cc1-c1cccc(-c2cc3c(N4CCC(C)(OCC=C)CC4)c(CC(=O)OC)c(C)cn3n2)c1.CC(C)(C)O. The van der Waals surface area contributed by atoms with Crippen LogP contribution in [-0.4, -0.2) is 65.3 Å². The van der Waals surface area contributed by atoms with Gasteiger partial charge in [-0.3, -0.25) is 4.79 Å². The standard InChI is InChI=1S/C37H40N4O4.C4H10O/c1-6-8-19-44-34-13-12-27(24-38)20-31(34)28-10-9-11-29(21-28)32-23-33-36(40-16-14-37(4,15-17-40)45-18-7-2)30(22-35(42)43-5)26(3)25-41(33)39-32;1-4(2,3)5/h6-7,9-13,20-21,23,25H,1-2,8,14-19,22H2,3-5H3;5H,1-3H3. The van der Waals surface area contributed by atoms with E-state index in [1.165, 1.54) is 7.11 Å². The molecule has 50 heavy (non-hydrogen) atoms. The number of fused-ring (bicyclic) bond motifs is 1. The predicted molar refractivity (Wildman–Crippen MR) is 200 cm³/mol. The molecule has 1 N–H and O–H groups in total. The molecule has 0 unspecified atom stereocenters. The van der Waals surface area contributed by atoms with Gasteiger partial charge in [-0.25, -0.2) is 4.52 Å². The third kappa shape index (κ3) is 9.84. The third-order valence-corrected chi connectivity index (χ3v) is 8.45. The molecule has 0 spiro atoms. The number of aliphatic hydroxyl groups is 1. The molecule has 1 aliphatic heterocycles. The molecule has 1 saturated heterocycles. The Morgan fingerprint density at radius 1 is 1.10 bits per heavy atom. The van der Waals surface area contributed by atoms with Crippen LogP contribution in [0.15, 0.2) is 80.0 Å². The molecule has 0 aliphatic carbocycles. The number of piperidine rings is 1. The molecule has 2 aromatic heterocycles. The number of ether oxygens (including phenoxy) is 3. The highest BCUT2D eigenvalue weighted by molar-refractivity contribution is 5.86. The maximum absolute atomic E-state index is 12.6. The fraction of sp³-hybridized carbons (Fsp3) is 0.390. The number of rotatable bonds is 12. The average Bonchev–Trinajstić information content (AvgIpc) is 3.51. The van der Waals surface area contributed by atoms with Crippen molar-refractivity contribution in [3.63, 3.8) is 0 Å². The molecule has 4 aromatic rings. The minimum atomic E-state index is -0.500. The smallest absolute Gasteiger partial charge is 0.310 e. The first kappa shape index (κ1) is 37.9. The highest BCUT2D eigenvalue weighted by Gasteiger charge is 2.33. The second-order valence-corrected chi connectivity index (χ2v) is 13.8. The number of pyridine rings is 1.